The van der Waals surface area contributed by atoms with Crippen LogP contribution in [0.1, 0.15) is 125 Å². The lowest BCUT2D eigenvalue weighted by Gasteiger charge is -2.49. The van der Waals surface area contributed by atoms with E-state index >= 15 is 0 Å². The molecule has 0 aliphatic carbocycles. The van der Waals surface area contributed by atoms with Gasteiger partial charge in [-0.15, -0.1) is 5.10 Å². The van der Waals surface area contributed by atoms with Gasteiger partial charge >= 0.3 is 5.97 Å². The summed E-state index contributed by atoms with van der Waals surface area (Å²) in [6.45, 7) is 19.3. The van der Waals surface area contributed by atoms with E-state index in [9.17, 15) is 30.3 Å². The van der Waals surface area contributed by atoms with Crippen LogP contribution in [-0.4, -0.2) is 193 Å². The fourth-order valence-electron chi connectivity index (χ4n) is 11.6. The minimum atomic E-state index is -1.83. The third-order valence-electron chi connectivity index (χ3n) is 16.2. The highest BCUT2D eigenvalue weighted by molar-refractivity contribution is 9.10. The highest BCUT2D eigenvalue weighted by atomic mass is 79.9. The minimum Gasteiger partial charge on any atom is -0.459 e. The number of halogens is 1. The van der Waals surface area contributed by atoms with E-state index in [4.69, 9.17) is 33.3 Å². The van der Waals surface area contributed by atoms with E-state index < -0.39 is 96.0 Å². The van der Waals surface area contributed by atoms with Gasteiger partial charge in [-0.3, -0.25) is 4.79 Å². The summed E-state index contributed by atoms with van der Waals surface area (Å²) in [5, 5.41) is 72.8. The van der Waals surface area contributed by atoms with Crippen LogP contribution < -0.4 is 0 Å². The molecule has 1 aromatic heterocycles. The van der Waals surface area contributed by atoms with Crippen molar-refractivity contribution in [3.05, 3.63) is 46.2 Å². The maximum atomic E-state index is 14.5. The molecule has 0 saturated carbocycles. The standard InChI is InChI=1S/C53H87BrN6O13/c1-14-42-53(10,66)46(62)34(6)59(12)27-30(2)25-51(8,65)48(32(4)45(33(5)49(64)70-42)71-43-26-52(9,67-13)47(63)35(7)69-43)72-50-44(61)41(23-31(3)68-50)58(11)22-16-15-17-38-28-60(57-55-38)29-39-24-40(56-73-39)36-18-20-37(54)21-19-36/h18-21,28,30-35,39,41-48,50,61-63,65-66H,14-17,22-27,29H2,1-13H3/t30-,31-,32+,33-,34-,35+,39?,41+,42-,43+,44-,45+,46-,47+,48-,50+,51-,52-,53-/m1/s1. The molecular formula is C53H87BrN6O13. The second-order valence-corrected chi connectivity index (χ2v) is 23.5. The van der Waals surface area contributed by atoms with Crippen molar-refractivity contribution in [2.75, 3.05) is 34.3 Å². The number of likely N-dealkylation sites (N-methyl/N-ethyl adjacent to an activating group) is 2. The number of methoxy groups -OCH3 is 1. The maximum Gasteiger partial charge on any atom is 0.311 e. The number of cyclic esters (lactones) is 1. The first-order valence-corrected chi connectivity index (χ1v) is 27.2. The first kappa shape index (κ1) is 59.5. The van der Waals surface area contributed by atoms with Crippen LogP contribution >= 0.6 is 15.9 Å². The first-order valence-electron chi connectivity index (χ1n) is 26.4. The van der Waals surface area contributed by atoms with Gasteiger partial charge in [0.25, 0.3) is 0 Å². The Kier molecular flexibility index (Phi) is 20.5. The molecule has 5 heterocycles. The van der Waals surface area contributed by atoms with E-state index in [0.717, 1.165) is 40.7 Å². The largest absolute Gasteiger partial charge is 0.459 e. The van der Waals surface area contributed by atoms with E-state index in [1.165, 1.54) is 14.0 Å². The van der Waals surface area contributed by atoms with Crippen LogP contribution in [0.5, 0.6) is 0 Å². The number of unbranched alkanes of at least 4 members (excludes halogenated alkanes) is 1. The van der Waals surface area contributed by atoms with E-state index in [0.29, 0.717) is 32.5 Å². The molecule has 3 fully saturated rings. The Hall–Kier alpha value is -2.70. The zero-order valence-corrected chi connectivity index (χ0v) is 47.1. The minimum absolute atomic E-state index is 0.110. The molecule has 3 saturated heterocycles. The van der Waals surface area contributed by atoms with Crippen molar-refractivity contribution in [3.8, 4) is 0 Å². The molecule has 414 valence electrons. The zero-order chi connectivity index (χ0) is 53.7. The average molecular weight is 1100 g/mol. The number of carbonyl (C=O) groups excluding carboxylic acids is 1. The summed E-state index contributed by atoms with van der Waals surface area (Å²) in [4.78, 5) is 24.3. The Morgan fingerprint density at radius 3 is 2.33 bits per heavy atom. The highest BCUT2D eigenvalue weighted by Gasteiger charge is 2.53. The number of aliphatic hydroxyl groups is 5. The number of nitrogens with zero attached hydrogens (tertiary/aromatic N) is 6. The Morgan fingerprint density at radius 1 is 0.959 bits per heavy atom. The molecule has 20 heteroatoms. The molecule has 73 heavy (non-hydrogen) atoms. The van der Waals surface area contributed by atoms with Crippen LogP contribution in [0.2, 0.25) is 0 Å². The fraction of sp³-hybridized carbons (Fsp3) is 0.811. The van der Waals surface area contributed by atoms with Crippen molar-refractivity contribution in [2.45, 2.75) is 224 Å². The number of benzene rings is 1. The molecule has 5 N–H and O–H groups in total. The summed E-state index contributed by atoms with van der Waals surface area (Å²) in [5.41, 5.74) is -1.68. The van der Waals surface area contributed by atoms with Crippen molar-refractivity contribution in [1.29, 1.82) is 0 Å². The Bertz CT molecular complexity index is 2100. The molecule has 4 aliphatic heterocycles. The Morgan fingerprint density at radius 2 is 1.66 bits per heavy atom. The van der Waals surface area contributed by atoms with Crippen LogP contribution in [0.3, 0.4) is 0 Å². The monoisotopic (exact) mass is 1090 g/mol. The molecule has 0 amide bonds. The lowest BCUT2D eigenvalue weighted by molar-refractivity contribution is -0.318. The third-order valence-corrected chi connectivity index (χ3v) is 16.7. The molecule has 1 unspecified atom stereocenters. The summed E-state index contributed by atoms with van der Waals surface area (Å²) in [6.07, 6.45) is -3.90. The lowest BCUT2D eigenvalue weighted by Crippen LogP contribution is -2.60. The molecule has 0 spiro atoms. The summed E-state index contributed by atoms with van der Waals surface area (Å²) in [6, 6.07) is 7.09. The van der Waals surface area contributed by atoms with Gasteiger partial charge in [-0.2, -0.15) is 0 Å². The predicted molar refractivity (Wildman–Crippen MR) is 276 cm³/mol. The highest BCUT2D eigenvalue weighted by Crippen LogP contribution is 2.40. The van der Waals surface area contributed by atoms with E-state index in [2.05, 4.69) is 36.3 Å². The predicted octanol–water partition coefficient (Wildman–Crippen LogP) is 4.84. The van der Waals surface area contributed by atoms with Gasteiger partial charge in [0, 0.05) is 55.2 Å². The van der Waals surface area contributed by atoms with E-state index in [1.54, 1.807) is 41.5 Å². The van der Waals surface area contributed by atoms with Gasteiger partial charge in [-0.25, -0.2) is 4.68 Å². The summed E-state index contributed by atoms with van der Waals surface area (Å²) in [5.74, 6) is -2.73. The van der Waals surface area contributed by atoms with Gasteiger partial charge in [-0.1, -0.05) is 59.2 Å². The number of ether oxygens (including phenoxy) is 6. The lowest BCUT2D eigenvalue weighted by atomic mass is 9.77. The Labute approximate surface area is 441 Å². The van der Waals surface area contributed by atoms with Gasteiger partial charge in [0.05, 0.1) is 59.5 Å². The number of hydrogen-bond donors (Lipinski definition) is 5. The van der Waals surface area contributed by atoms with Gasteiger partial charge in [0.15, 0.2) is 18.7 Å². The number of oxime groups is 1. The quantitative estimate of drug-likeness (QED) is 0.119. The van der Waals surface area contributed by atoms with Crippen molar-refractivity contribution < 1.29 is 63.6 Å². The maximum absolute atomic E-state index is 14.5. The van der Waals surface area contributed by atoms with Gasteiger partial charge < -0.3 is 68.6 Å². The van der Waals surface area contributed by atoms with Crippen molar-refractivity contribution >= 4 is 27.6 Å². The molecular weight excluding hydrogens is 1010 g/mol. The fourth-order valence-corrected chi connectivity index (χ4v) is 11.8. The number of carbonyl (C=O) groups is 1. The molecule has 4 aliphatic rings. The molecule has 6 rings (SSSR count). The summed E-state index contributed by atoms with van der Waals surface area (Å²) < 4.78 is 41.2. The number of aromatic nitrogens is 3. The van der Waals surface area contributed by atoms with Gasteiger partial charge in [-0.05, 0) is 131 Å². The molecule has 19 nitrogen and oxygen atoms in total. The van der Waals surface area contributed by atoms with Crippen LogP contribution in [-0.2, 0) is 51.0 Å². The van der Waals surface area contributed by atoms with Crippen LogP contribution in [0.15, 0.2) is 40.1 Å². The number of rotatable bonds is 15. The Balaban J connectivity index is 1.18. The van der Waals surface area contributed by atoms with Crippen molar-refractivity contribution in [2.24, 2.45) is 22.9 Å². The molecule has 2 aromatic rings. The normalized spacial score (nSPS) is 40.7. The van der Waals surface area contributed by atoms with Crippen molar-refractivity contribution in [3.63, 3.8) is 0 Å². The number of aryl methyl sites for hydroxylation is 1. The van der Waals surface area contributed by atoms with Gasteiger partial charge in [0.2, 0.25) is 0 Å². The van der Waals surface area contributed by atoms with Crippen LogP contribution in [0, 0.1) is 17.8 Å². The molecule has 0 radical (unpaired) electrons. The van der Waals surface area contributed by atoms with Crippen LogP contribution in [0.25, 0.3) is 0 Å². The average Bonchev–Trinajstić information content (AvgIpc) is 4.01. The second-order valence-electron chi connectivity index (χ2n) is 22.5. The first-order chi connectivity index (χ1) is 34.3. The van der Waals surface area contributed by atoms with Gasteiger partial charge in [0.1, 0.15) is 30.0 Å². The number of esters is 1. The summed E-state index contributed by atoms with van der Waals surface area (Å²) >= 11 is 3.48. The van der Waals surface area contributed by atoms with E-state index in [-0.39, 0.29) is 43.4 Å². The number of hydrogen-bond acceptors (Lipinski definition) is 18. The number of aliphatic hydroxyl groups excluding tert-OH is 3. The van der Waals surface area contributed by atoms with Crippen LogP contribution in [0.4, 0.5) is 0 Å². The summed E-state index contributed by atoms with van der Waals surface area (Å²) in [7, 11) is 5.34. The molecule has 0 bridgehead atoms. The molecule has 19 atom stereocenters. The van der Waals surface area contributed by atoms with Crippen molar-refractivity contribution in [1.82, 2.24) is 24.8 Å². The zero-order valence-electron chi connectivity index (χ0n) is 45.5. The molecule has 1 aromatic carbocycles. The smallest absolute Gasteiger partial charge is 0.311 e. The SMILES string of the molecule is CC[C@H]1OC(=O)[C@H](C)[C@@H](O[C@H]2C[C@@](C)(OC)[C@@H](O)[C@H](C)O2)[C@H](C)[C@@H](O[C@@H]2O[C@H](C)C[C@H](N(C)CCCCc3cn(CC4CC(c5ccc(Br)cc5)=NO4)nn3)[C@H]2O)[C@](C)(O)C[C@@H](C)CN(C)[C@H](C)[C@@H](O)[C@]1(C)O. The third kappa shape index (κ3) is 14.5. The second kappa shape index (κ2) is 25.2. The topological polar surface area (TPSA) is 232 Å². The van der Waals surface area contributed by atoms with E-state index in [1.807, 2.05) is 74.9 Å².